The van der Waals surface area contributed by atoms with Gasteiger partial charge in [0.25, 0.3) is 5.91 Å². The molecule has 0 aliphatic carbocycles. The van der Waals surface area contributed by atoms with Crippen molar-refractivity contribution in [3.8, 4) is 0 Å². The molecule has 7 nitrogen and oxygen atoms in total. The SMILES string of the molecule is CCO[C@@H]1OC(C(=O)Nc2ccccc2)=C[C@H](c2cn(C(C)=O)c3ccccc23)[C@@H]1CCCO. The number of aliphatic hydroxyl groups excluding tert-OH is 1. The minimum Gasteiger partial charge on any atom is -0.459 e. The second-order valence-electron chi connectivity index (χ2n) is 8.34. The molecule has 178 valence electrons. The second kappa shape index (κ2) is 10.7. The quantitative estimate of drug-likeness (QED) is 0.507. The number of carbonyl (C=O) groups excluding carboxylic acids is 2. The van der Waals surface area contributed by atoms with Crippen LogP contribution in [0.25, 0.3) is 10.9 Å². The maximum atomic E-state index is 13.1. The largest absolute Gasteiger partial charge is 0.459 e. The minimum absolute atomic E-state index is 0.0440. The van der Waals surface area contributed by atoms with Gasteiger partial charge < -0.3 is 19.9 Å². The summed E-state index contributed by atoms with van der Waals surface area (Å²) < 4.78 is 13.6. The van der Waals surface area contributed by atoms with Crippen molar-refractivity contribution in [2.24, 2.45) is 5.92 Å². The first-order valence-electron chi connectivity index (χ1n) is 11.6. The van der Waals surface area contributed by atoms with Crippen LogP contribution < -0.4 is 5.32 Å². The molecule has 0 saturated carbocycles. The van der Waals surface area contributed by atoms with E-state index >= 15 is 0 Å². The van der Waals surface area contributed by atoms with Crippen LogP contribution in [0, 0.1) is 5.92 Å². The zero-order valence-electron chi connectivity index (χ0n) is 19.4. The average Bonchev–Trinajstić information content (AvgIpc) is 3.23. The van der Waals surface area contributed by atoms with Crippen molar-refractivity contribution >= 4 is 28.4 Å². The predicted molar refractivity (Wildman–Crippen MR) is 130 cm³/mol. The van der Waals surface area contributed by atoms with Crippen LogP contribution in [0.15, 0.2) is 72.6 Å². The molecule has 0 bridgehead atoms. The molecule has 2 aromatic carbocycles. The van der Waals surface area contributed by atoms with E-state index < -0.39 is 6.29 Å². The van der Waals surface area contributed by atoms with Crippen molar-refractivity contribution in [3.05, 3.63) is 78.2 Å². The van der Waals surface area contributed by atoms with Gasteiger partial charge in [0.1, 0.15) is 0 Å². The van der Waals surface area contributed by atoms with Gasteiger partial charge in [0.15, 0.2) is 5.76 Å². The first kappa shape index (κ1) is 23.7. The average molecular weight is 463 g/mol. The number of nitrogens with zero attached hydrogens (tertiary/aromatic N) is 1. The normalized spacial score (nSPS) is 20.0. The lowest BCUT2D eigenvalue weighted by Gasteiger charge is -2.36. The molecule has 4 rings (SSSR count). The van der Waals surface area contributed by atoms with Crippen LogP contribution in [0.4, 0.5) is 5.69 Å². The Balaban J connectivity index is 1.80. The Labute approximate surface area is 199 Å². The molecule has 7 heteroatoms. The summed E-state index contributed by atoms with van der Waals surface area (Å²) in [6, 6.07) is 16.9. The van der Waals surface area contributed by atoms with E-state index in [2.05, 4.69) is 5.32 Å². The molecule has 1 aromatic heterocycles. The number of rotatable bonds is 8. The Kier molecular flexibility index (Phi) is 7.45. The molecule has 3 atom stereocenters. The van der Waals surface area contributed by atoms with E-state index in [4.69, 9.17) is 9.47 Å². The molecule has 3 aromatic rings. The number of ether oxygens (including phenoxy) is 2. The maximum absolute atomic E-state index is 13.1. The summed E-state index contributed by atoms with van der Waals surface area (Å²) >= 11 is 0. The summed E-state index contributed by atoms with van der Waals surface area (Å²) in [4.78, 5) is 25.5. The van der Waals surface area contributed by atoms with Crippen molar-refractivity contribution in [2.45, 2.75) is 38.9 Å². The predicted octanol–water partition coefficient (Wildman–Crippen LogP) is 4.69. The fraction of sp³-hybridized carbons (Fsp3) is 0.333. The van der Waals surface area contributed by atoms with Crippen molar-refractivity contribution < 1.29 is 24.2 Å². The summed E-state index contributed by atoms with van der Waals surface area (Å²) in [6.07, 6.45) is 4.21. The minimum atomic E-state index is -0.664. The standard InChI is InChI=1S/C27H30N2O5/c1-3-33-27-21(13-9-15-30)22(16-25(34-27)26(32)28-19-10-5-4-6-11-19)23-17-29(18(2)31)24-14-8-7-12-20(23)24/h4-8,10-12,14,16-17,21-22,27,30H,3,9,13,15H2,1-2H3,(H,28,32)/t21-,22-,27+/m0/s1. The Morgan fingerprint density at radius 1 is 1.12 bits per heavy atom. The zero-order chi connectivity index (χ0) is 24.1. The molecule has 1 amide bonds. The number of hydrogen-bond acceptors (Lipinski definition) is 5. The number of carbonyl (C=O) groups is 2. The molecule has 2 heterocycles. The molecule has 0 fully saturated rings. The van der Waals surface area contributed by atoms with Gasteiger partial charge in [0.2, 0.25) is 12.2 Å². The highest BCUT2D eigenvalue weighted by Gasteiger charge is 2.39. The van der Waals surface area contributed by atoms with Gasteiger partial charge in [0, 0.05) is 49.2 Å². The van der Waals surface area contributed by atoms with Crippen LogP contribution in [-0.4, -0.2) is 41.0 Å². The van der Waals surface area contributed by atoms with Crippen LogP contribution >= 0.6 is 0 Å². The third kappa shape index (κ3) is 4.90. The molecule has 0 saturated heterocycles. The highest BCUT2D eigenvalue weighted by molar-refractivity contribution is 6.02. The zero-order valence-corrected chi connectivity index (χ0v) is 19.4. The number of para-hydroxylation sites is 2. The van der Waals surface area contributed by atoms with E-state index in [0.717, 1.165) is 16.5 Å². The van der Waals surface area contributed by atoms with E-state index in [1.165, 1.54) is 6.92 Å². The molecule has 1 aliphatic rings. The fourth-order valence-electron chi connectivity index (χ4n) is 4.57. The molecule has 0 radical (unpaired) electrons. The maximum Gasteiger partial charge on any atom is 0.290 e. The number of allylic oxidation sites excluding steroid dienone is 1. The number of benzene rings is 2. The summed E-state index contributed by atoms with van der Waals surface area (Å²) in [5.74, 6) is -0.678. The Morgan fingerprint density at radius 2 is 1.85 bits per heavy atom. The van der Waals surface area contributed by atoms with Crippen molar-refractivity contribution in [1.29, 1.82) is 0 Å². The van der Waals surface area contributed by atoms with Crippen LogP contribution in [0.1, 0.15) is 43.0 Å². The number of fused-ring (bicyclic) bond motifs is 1. The monoisotopic (exact) mass is 462 g/mol. The fourth-order valence-corrected chi connectivity index (χ4v) is 4.57. The van der Waals surface area contributed by atoms with Gasteiger partial charge in [-0.05, 0) is 49.6 Å². The smallest absolute Gasteiger partial charge is 0.290 e. The summed E-state index contributed by atoms with van der Waals surface area (Å²) in [5.41, 5.74) is 2.40. The van der Waals surface area contributed by atoms with Crippen LogP contribution in [0.2, 0.25) is 0 Å². The third-order valence-electron chi connectivity index (χ3n) is 6.11. The first-order valence-corrected chi connectivity index (χ1v) is 11.6. The number of nitrogens with one attached hydrogen (secondary N) is 1. The van der Waals surface area contributed by atoms with E-state index in [1.807, 2.05) is 73.8 Å². The number of aromatic nitrogens is 1. The molecular formula is C27H30N2O5. The van der Waals surface area contributed by atoms with Gasteiger partial charge in [-0.25, -0.2) is 0 Å². The first-order chi connectivity index (χ1) is 16.5. The molecule has 0 spiro atoms. The van der Waals surface area contributed by atoms with E-state index in [9.17, 15) is 14.7 Å². The highest BCUT2D eigenvalue weighted by atomic mass is 16.7. The lowest BCUT2D eigenvalue weighted by molar-refractivity contribution is -0.164. The molecule has 1 aliphatic heterocycles. The highest BCUT2D eigenvalue weighted by Crippen LogP contribution is 2.42. The molecule has 2 N–H and O–H groups in total. The van der Waals surface area contributed by atoms with E-state index in [1.54, 1.807) is 4.57 Å². The van der Waals surface area contributed by atoms with Crippen LogP contribution in [0.3, 0.4) is 0 Å². The van der Waals surface area contributed by atoms with Gasteiger partial charge in [0.05, 0.1) is 5.52 Å². The van der Waals surface area contributed by atoms with Crippen molar-refractivity contribution in [3.63, 3.8) is 0 Å². The van der Waals surface area contributed by atoms with E-state index in [-0.39, 0.29) is 36.0 Å². The summed E-state index contributed by atoms with van der Waals surface area (Å²) in [7, 11) is 0. The van der Waals surface area contributed by atoms with Gasteiger partial charge in [-0.3, -0.25) is 14.2 Å². The Hall–Kier alpha value is -3.42. The lowest BCUT2D eigenvalue weighted by Crippen LogP contribution is -2.37. The lowest BCUT2D eigenvalue weighted by atomic mass is 9.80. The molecule has 34 heavy (non-hydrogen) atoms. The van der Waals surface area contributed by atoms with E-state index in [0.29, 0.717) is 25.1 Å². The number of amides is 1. The second-order valence-corrected chi connectivity index (χ2v) is 8.34. The van der Waals surface area contributed by atoms with Gasteiger partial charge >= 0.3 is 0 Å². The summed E-state index contributed by atoms with van der Waals surface area (Å²) in [5, 5.41) is 13.3. The Morgan fingerprint density at radius 3 is 2.56 bits per heavy atom. The van der Waals surface area contributed by atoms with Crippen LogP contribution in [-0.2, 0) is 14.3 Å². The molecule has 0 unspecified atom stereocenters. The number of anilines is 1. The van der Waals surface area contributed by atoms with Gasteiger partial charge in [-0.1, -0.05) is 36.4 Å². The third-order valence-corrected chi connectivity index (χ3v) is 6.11. The summed E-state index contributed by atoms with van der Waals surface area (Å²) in [6.45, 7) is 3.87. The Bertz CT molecular complexity index is 1180. The topological polar surface area (TPSA) is 89.8 Å². The van der Waals surface area contributed by atoms with Crippen molar-refractivity contribution in [2.75, 3.05) is 18.5 Å². The van der Waals surface area contributed by atoms with Gasteiger partial charge in [-0.2, -0.15) is 0 Å². The number of hydrogen-bond donors (Lipinski definition) is 2. The molecular weight excluding hydrogens is 432 g/mol. The van der Waals surface area contributed by atoms with Crippen LogP contribution in [0.5, 0.6) is 0 Å². The van der Waals surface area contributed by atoms with Gasteiger partial charge in [-0.15, -0.1) is 0 Å². The van der Waals surface area contributed by atoms with Crippen molar-refractivity contribution in [1.82, 2.24) is 4.57 Å². The number of aliphatic hydroxyl groups is 1.